The lowest BCUT2D eigenvalue weighted by atomic mass is 10.2. The van der Waals surface area contributed by atoms with Gasteiger partial charge in [-0.05, 0) is 158 Å². The number of nitrogens with two attached hydrogens (primary N) is 4. The third kappa shape index (κ3) is 50.3. The number of alkyl carbamates (subject to hydrolysis) is 2. The first-order valence-corrected chi connectivity index (χ1v) is 28.0. The van der Waals surface area contributed by atoms with Crippen LogP contribution in [0, 0.1) is 35.8 Å². The lowest BCUT2D eigenvalue weighted by molar-refractivity contribution is 0.0515. The summed E-state index contributed by atoms with van der Waals surface area (Å²) >= 11 is 0. The smallest absolute Gasteiger partial charge is 0.407 e. The zero-order valence-electron chi connectivity index (χ0n) is 47.7. The summed E-state index contributed by atoms with van der Waals surface area (Å²) < 4.78 is 10.5. The van der Waals surface area contributed by atoms with Gasteiger partial charge in [0.15, 0.2) is 0 Å². The molecule has 0 unspecified atom stereocenters. The van der Waals surface area contributed by atoms with Crippen molar-refractivity contribution in [3.8, 4) is 12.1 Å². The van der Waals surface area contributed by atoms with Gasteiger partial charge in [-0.2, -0.15) is 10.5 Å². The van der Waals surface area contributed by atoms with Gasteiger partial charge in [0.2, 0.25) is 13.1 Å². The minimum absolute atomic E-state index is 0.332. The fourth-order valence-electron chi connectivity index (χ4n) is 7.84. The largest absolute Gasteiger partial charge is 0.444 e. The second kappa shape index (κ2) is 49.9. The number of nitriles is 2. The number of nitrogens with zero attached hydrogens (tertiary/aromatic N) is 10. The van der Waals surface area contributed by atoms with Crippen LogP contribution in [-0.2, 0) is 9.47 Å². The van der Waals surface area contributed by atoms with Gasteiger partial charge in [-0.3, -0.25) is 9.80 Å². The summed E-state index contributed by atoms with van der Waals surface area (Å²) in [4.78, 5) is 44.8. The lowest BCUT2D eigenvalue weighted by Gasteiger charge is -2.30. The Morgan fingerprint density at radius 2 is 0.676 bits per heavy atom. The molecule has 0 radical (unpaired) electrons. The van der Waals surface area contributed by atoms with Crippen LogP contribution >= 0.6 is 0 Å². The first-order valence-electron chi connectivity index (χ1n) is 28.0. The van der Waals surface area contributed by atoms with E-state index in [0.29, 0.717) is 65.2 Å². The maximum absolute atomic E-state index is 11.8. The molecule has 0 atom stereocenters. The number of nitrogens with one attached hydrogen (secondary N) is 2. The molecule has 0 saturated carbocycles. The van der Waals surface area contributed by atoms with Gasteiger partial charge in [-0.1, -0.05) is 25.7 Å². The lowest BCUT2D eigenvalue weighted by Crippen LogP contribution is -2.42. The van der Waals surface area contributed by atoms with Gasteiger partial charge in [0, 0.05) is 91.4 Å². The highest BCUT2D eigenvalue weighted by Gasteiger charge is 2.18. The van der Waals surface area contributed by atoms with Crippen molar-refractivity contribution in [3.63, 3.8) is 0 Å². The highest BCUT2D eigenvalue weighted by Crippen LogP contribution is 2.10. The first kappa shape index (κ1) is 72.2. The fraction of sp³-hybridized carbons (Fsp3) is 0.889. The molecule has 0 saturated heterocycles. The van der Waals surface area contributed by atoms with Crippen LogP contribution in [-0.4, -0.2) is 223 Å². The van der Waals surface area contributed by atoms with Crippen LogP contribution in [0.3, 0.4) is 0 Å². The standard InChI is InChI=1S/C27H46N8O2.C27H62N8O2/c1-27(2,3)37-26(36)32-14-8-6-7-9-17-35(24-22-33(18-10-12-28)20-15-30-4)25-23-34(19-11-13-29)21-16-31-5;1-27(2,3)37-26(36)32-16-6-4-5-7-17-35(24-22-33(18-8-12-28)19-9-13-29)25-23-34(20-10-14-30)21-11-15-31/h6-11,14-25H2,1-3H3,(H,32,36);4-25,28-31H2,1-3H3,(H,32,36). The van der Waals surface area contributed by atoms with Gasteiger partial charge >= 0.3 is 12.2 Å². The van der Waals surface area contributed by atoms with Crippen molar-refractivity contribution in [2.24, 2.45) is 22.9 Å². The number of ether oxygens (including phenoxy) is 2. The first-order chi connectivity index (χ1) is 35.5. The Bertz CT molecular complexity index is 1380. The molecule has 0 bridgehead atoms. The molecule has 0 heterocycles. The predicted molar refractivity (Wildman–Crippen MR) is 302 cm³/mol. The summed E-state index contributed by atoms with van der Waals surface area (Å²) in [5, 5.41) is 23.6. The van der Waals surface area contributed by atoms with Crippen LogP contribution in [0.2, 0.25) is 0 Å². The molecule has 2 amide bonds. The van der Waals surface area contributed by atoms with E-state index in [-0.39, 0.29) is 12.2 Å². The average Bonchev–Trinajstić information content (AvgIpc) is 3.35. The number of carbonyl (C=O) groups is 2. The predicted octanol–water partition coefficient (Wildman–Crippen LogP) is 5.02. The van der Waals surface area contributed by atoms with E-state index in [0.717, 1.165) is 195 Å². The molecule has 0 aromatic rings. The molecule has 74 heavy (non-hydrogen) atoms. The number of rotatable bonds is 46. The quantitative estimate of drug-likeness (QED) is 0.0346. The molecule has 20 heteroatoms. The maximum Gasteiger partial charge on any atom is 0.407 e. The molecule has 0 aliphatic rings. The van der Waals surface area contributed by atoms with Crippen LogP contribution < -0.4 is 33.6 Å². The van der Waals surface area contributed by atoms with E-state index >= 15 is 0 Å². The average molecular weight is 1050 g/mol. The number of hydrogen-bond donors (Lipinski definition) is 6. The van der Waals surface area contributed by atoms with Crippen molar-refractivity contribution < 1.29 is 19.1 Å². The molecular formula is C54H108N16O4. The van der Waals surface area contributed by atoms with Crippen molar-refractivity contribution in [1.82, 2.24) is 40.0 Å². The van der Waals surface area contributed by atoms with E-state index in [1.807, 2.05) is 41.5 Å². The van der Waals surface area contributed by atoms with Crippen molar-refractivity contribution >= 4 is 12.2 Å². The van der Waals surface area contributed by atoms with E-state index in [2.05, 4.69) is 61.9 Å². The molecule has 0 aliphatic carbocycles. The van der Waals surface area contributed by atoms with Gasteiger partial charge in [-0.25, -0.2) is 22.7 Å². The van der Waals surface area contributed by atoms with Gasteiger partial charge in [0.05, 0.1) is 25.2 Å². The van der Waals surface area contributed by atoms with Crippen LogP contribution in [0.5, 0.6) is 0 Å². The summed E-state index contributed by atoms with van der Waals surface area (Å²) in [6, 6.07) is 4.39. The van der Waals surface area contributed by atoms with Crippen LogP contribution in [0.25, 0.3) is 9.69 Å². The third-order valence-corrected chi connectivity index (χ3v) is 11.9. The van der Waals surface area contributed by atoms with E-state index in [9.17, 15) is 9.59 Å². The molecule has 10 N–H and O–H groups in total. The summed E-state index contributed by atoms with van der Waals surface area (Å²) in [6.07, 6.45) is 12.7. The summed E-state index contributed by atoms with van der Waals surface area (Å²) in [5.41, 5.74) is 22.1. The second-order valence-electron chi connectivity index (χ2n) is 20.9. The van der Waals surface area contributed by atoms with E-state index < -0.39 is 11.2 Å². The van der Waals surface area contributed by atoms with Gasteiger partial charge in [-0.15, -0.1) is 0 Å². The Morgan fingerprint density at radius 1 is 0.419 bits per heavy atom. The third-order valence-electron chi connectivity index (χ3n) is 11.9. The monoisotopic (exact) mass is 1040 g/mol. The molecule has 0 aliphatic heterocycles. The van der Waals surface area contributed by atoms with Crippen LogP contribution in [0.1, 0.15) is 131 Å². The highest BCUT2D eigenvalue weighted by atomic mass is 16.6. The topological polar surface area (TPSA) is 256 Å². The highest BCUT2D eigenvalue weighted by molar-refractivity contribution is 5.67. The zero-order chi connectivity index (χ0) is 55.6. The fourth-order valence-corrected chi connectivity index (χ4v) is 7.84. The zero-order valence-corrected chi connectivity index (χ0v) is 47.7. The number of carbonyl (C=O) groups excluding carboxylic acids is 2. The molecule has 0 aromatic heterocycles. The number of unbranched alkanes of at least 4 members (excludes halogenated alkanes) is 6. The molecule has 0 fully saturated rings. The summed E-state index contributed by atoms with van der Waals surface area (Å²) in [7, 11) is 0. The maximum atomic E-state index is 11.8. The minimum atomic E-state index is -0.492. The van der Waals surface area contributed by atoms with Gasteiger partial charge in [0.1, 0.15) is 11.2 Å². The molecule has 0 aromatic carbocycles. The Hall–Kier alpha value is -3.90. The van der Waals surface area contributed by atoms with Gasteiger partial charge < -0.3 is 72.3 Å². The van der Waals surface area contributed by atoms with Crippen molar-refractivity contribution in [2.75, 3.05) is 170 Å². The molecule has 0 rings (SSSR count). The van der Waals surface area contributed by atoms with E-state index in [4.69, 9.17) is 56.1 Å². The molecular weight excluding hydrogens is 937 g/mol. The summed E-state index contributed by atoms with van der Waals surface area (Å²) in [6.45, 7) is 46.7. The number of amides is 2. The Balaban J connectivity index is 0. The number of hydrogen-bond acceptors (Lipinski definition) is 16. The minimum Gasteiger partial charge on any atom is -0.444 e. The molecule has 20 nitrogen and oxygen atoms in total. The van der Waals surface area contributed by atoms with Crippen molar-refractivity contribution in [3.05, 3.63) is 22.8 Å². The summed E-state index contributed by atoms with van der Waals surface area (Å²) in [5.74, 6) is 0. The molecule has 0 spiro atoms. The van der Waals surface area contributed by atoms with Crippen molar-refractivity contribution in [2.45, 2.75) is 143 Å². The Morgan fingerprint density at radius 3 is 0.932 bits per heavy atom. The van der Waals surface area contributed by atoms with Crippen molar-refractivity contribution in [1.29, 1.82) is 10.5 Å². The molecule has 428 valence electrons. The normalized spacial score (nSPS) is 11.6. The SMILES string of the molecule is CC(C)(C)OC(=O)NCCCCCCN(CCN(CCCN)CCCN)CCN(CCCN)CCCN.[C-]#[N+]CCN(CCC#N)CCN(CCCCCCNC(=O)OC(C)(C)C)CCN(CCC#N)CC[N+]#[C-]. The van der Waals surface area contributed by atoms with E-state index in [1.165, 1.54) is 0 Å². The van der Waals surface area contributed by atoms with E-state index in [1.54, 1.807) is 0 Å². The van der Waals surface area contributed by atoms with Gasteiger partial charge in [0.25, 0.3) is 0 Å². The second-order valence-corrected chi connectivity index (χ2v) is 20.9. The Labute approximate surface area is 451 Å². The van der Waals surface area contributed by atoms with Crippen LogP contribution in [0.15, 0.2) is 0 Å². The Kier molecular flexibility index (Phi) is 48.7. The van der Waals surface area contributed by atoms with Crippen LogP contribution in [0.4, 0.5) is 9.59 Å².